The van der Waals surface area contributed by atoms with E-state index in [4.69, 9.17) is 11.6 Å². The molecule has 3 rings (SSSR count). The summed E-state index contributed by atoms with van der Waals surface area (Å²) in [5.41, 5.74) is 2.24. The second-order valence-electron chi connectivity index (χ2n) is 3.85. The minimum atomic E-state index is 0.240. The molecule has 1 aromatic heterocycles. The lowest BCUT2D eigenvalue weighted by Gasteiger charge is -2.32. The van der Waals surface area contributed by atoms with Crippen molar-refractivity contribution in [3.8, 4) is 0 Å². The topological polar surface area (TPSA) is 24.9 Å². The lowest BCUT2D eigenvalue weighted by molar-refractivity contribution is 0.458. The normalized spacial score (nSPS) is 27.9. The van der Waals surface area contributed by atoms with Crippen molar-refractivity contribution in [1.82, 2.24) is 10.3 Å². The molecule has 0 fully saturated rings. The predicted octanol–water partition coefficient (Wildman–Crippen LogP) is 2.49. The summed E-state index contributed by atoms with van der Waals surface area (Å²) < 4.78 is 0. The highest BCUT2D eigenvalue weighted by atomic mass is 35.5. The Morgan fingerprint density at radius 1 is 1.47 bits per heavy atom. The molecule has 1 aromatic rings. The summed E-state index contributed by atoms with van der Waals surface area (Å²) in [6, 6.07) is 4.24. The third-order valence-corrected chi connectivity index (χ3v) is 3.30. The molecular formula is C12H11ClN2. The van der Waals surface area contributed by atoms with Gasteiger partial charge in [0.05, 0.1) is 11.7 Å². The van der Waals surface area contributed by atoms with E-state index in [9.17, 15) is 0 Å². The van der Waals surface area contributed by atoms with Gasteiger partial charge in [0.15, 0.2) is 0 Å². The van der Waals surface area contributed by atoms with E-state index in [1.807, 2.05) is 18.3 Å². The summed E-state index contributed by atoms with van der Waals surface area (Å²) in [6.07, 6.45) is 8.13. The summed E-state index contributed by atoms with van der Waals surface area (Å²) in [6.45, 7) is 0.890. The maximum Gasteiger partial charge on any atom is 0.0655 e. The average Bonchev–Trinajstić information content (AvgIpc) is 2.30. The van der Waals surface area contributed by atoms with E-state index in [1.165, 1.54) is 0 Å². The third kappa shape index (κ3) is 1.41. The summed E-state index contributed by atoms with van der Waals surface area (Å²) in [5, 5.41) is 4.33. The zero-order valence-corrected chi connectivity index (χ0v) is 8.91. The minimum absolute atomic E-state index is 0.240. The number of hydrogen-bond acceptors (Lipinski definition) is 2. The maximum atomic E-state index is 6.26. The number of nitrogens with zero attached hydrogens (tertiary/aromatic N) is 1. The van der Waals surface area contributed by atoms with Gasteiger partial charge >= 0.3 is 0 Å². The van der Waals surface area contributed by atoms with Gasteiger partial charge in [-0.05, 0) is 17.7 Å². The van der Waals surface area contributed by atoms with Crippen LogP contribution in [0.4, 0.5) is 0 Å². The molecule has 1 aliphatic heterocycles. The second-order valence-corrected chi connectivity index (χ2v) is 4.28. The number of rotatable bonds is 0. The van der Waals surface area contributed by atoms with E-state index in [0.29, 0.717) is 0 Å². The molecule has 3 heteroatoms. The fourth-order valence-electron chi connectivity index (χ4n) is 2.22. The Morgan fingerprint density at radius 3 is 3.33 bits per heavy atom. The fraction of sp³-hybridized carbons (Fsp3) is 0.250. The van der Waals surface area contributed by atoms with E-state index < -0.39 is 0 Å². The molecule has 0 amide bonds. The van der Waals surface area contributed by atoms with Gasteiger partial charge in [0.2, 0.25) is 0 Å². The summed E-state index contributed by atoms with van der Waals surface area (Å²) in [5.74, 6) is 0.253. The Balaban J connectivity index is 2.16. The van der Waals surface area contributed by atoms with Crippen LogP contribution in [0.15, 0.2) is 35.5 Å². The molecule has 0 spiro atoms. The Bertz CT molecular complexity index is 451. The van der Waals surface area contributed by atoms with Crippen LogP contribution in [0.25, 0.3) is 6.08 Å². The van der Waals surface area contributed by atoms with Crippen LogP contribution in [-0.4, -0.2) is 11.5 Å². The molecule has 0 saturated heterocycles. The van der Waals surface area contributed by atoms with Crippen molar-refractivity contribution in [2.45, 2.75) is 6.04 Å². The average molecular weight is 219 g/mol. The van der Waals surface area contributed by atoms with E-state index >= 15 is 0 Å². The molecule has 2 unspecified atom stereocenters. The van der Waals surface area contributed by atoms with Gasteiger partial charge in [0.1, 0.15) is 0 Å². The molecule has 0 aromatic carbocycles. The van der Waals surface area contributed by atoms with Crippen molar-refractivity contribution >= 4 is 17.7 Å². The summed E-state index contributed by atoms with van der Waals surface area (Å²) >= 11 is 6.26. The Hall–Kier alpha value is -1.12. The first kappa shape index (κ1) is 9.13. The van der Waals surface area contributed by atoms with Crippen LogP contribution >= 0.6 is 11.6 Å². The maximum absolute atomic E-state index is 6.26. The standard InChI is InChI=1S/C12H11ClN2/c13-10-7-8-3-1-5-14-11(8)12-9(10)4-2-6-15-12/h1-5,7,9,12,15H,6H2. The number of hydrogen-bond donors (Lipinski definition) is 1. The van der Waals surface area contributed by atoms with Gasteiger partial charge in [-0.3, -0.25) is 4.98 Å². The summed E-state index contributed by atoms with van der Waals surface area (Å²) in [4.78, 5) is 4.44. The lowest BCUT2D eigenvalue weighted by Crippen LogP contribution is -2.34. The minimum Gasteiger partial charge on any atom is -0.304 e. The van der Waals surface area contributed by atoms with Crippen LogP contribution in [0.3, 0.4) is 0 Å². The molecule has 2 nitrogen and oxygen atoms in total. The van der Waals surface area contributed by atoms with Gasteiger partial charge in [-0.25, -0.2) is 0 Å². The van der Waals surface area contributed by atoms with Crippen LogP contribution in [0.1, 0.15) is 17.3 Å². The van der Waals surface area contributed by atoms with Crippen molar-refractivity contribution in [3.05, 3.63) is 46.8 Å². The molecule has 2 aliphatic rings. The van der Waals surface area contributed by atoms with Gasteiger partial charge in [0.25, 0.3) is 0 Å². The van der Waals surface area contributed by atoms with Crippen molar-refractivity contribution in [1.29, 1.82) is 0 Å². The SMILES string of the molecule is ClC1=Cc2cccnc2C2NCC=CC12. The van der Waals surface area contributed by atoms with Crippen molar-refractivity contribution in [2.24, 2.45) is 5.92 Å². The number of aromatic nitrogens is 1. The van der Waals surface area contributed by atoms with Crippen molar-refractivity contribution < 1.29 is 0 Å². The van der Waals surface area contributed by atoms with Crippen LogP contribution in [-0.2, 0) is 0 Å². The molecule has 15 heavy (non-hydrogen) atoms. The van der Waals surface area contributed by atoms with Crippen LogP contribution in [0.2, 0.25) is 0 Å². The molecule has 76 valence electrons. The number of pyridine rings is 1. The molecule has 2 heterocycles. The highest BCUT2D eigenvalue weighted by Crippen LogP contribution is 2.39. The Labute approximate surface area is 93.7 Å². The number of fused-ring (bicyclic) bond motifs is 3. The van der Waals surface area contributed by atoms with Crippen molar-refractivity contribution in [3.63, 3.8) is 0 Å². The van der Waals surface area contributed by atoms with Gasteiger partial charge in [-0.1, -0.05) is 29.8 Å². The van der Waals surface area contributed by atoms with E-state index in [-0.39, 0.29) is 12.0 Å². The molecule has 1 N–H and O–H groups in total. The molecule has 0 radical (unpaired) electrons. The van der Waals surface area contributed by atoms with Crippen LogP contribution < -0.4 is 5.32 Å². The van der Waals surface area contributed by atoms with Gasteiger partial charge in [0, 0.05) is 23.7 Å². The largest absolute Gasteiger partial charge is 0.304 e. The highest BCUT2D eigenvalue weighted by Gasteiger charge is 2.31. The Morgan fingerprint density at radius 2 is 2.40 bits per heavy atom. The van der Waals surface area contributed by atoms with E-state index in [1.54, 1.807) is 0 Å². The molecule has 0 saturated carbocycles. The molecule has 1 aliphatic carbocycles. The first-order valence-electron chi connectivity index (χ1n) is 5.08. The zero-order chi connectivity index (χ0) is 10.3. The van der Waals surface area contributed by atoms with Crippen LogP contribution in [0.5, 0.6) is 0 Å². The van der Waals surface area contributed by atoms with E-state index in [0.717, 1.165) is 22.8 Å². The van der Waals surface area contributed by atoms with Crippen LogP contribution in [0, 0.1) is 5.92 Å². The number of halogens is 1. The lowest BCUT2D eigenvalue weighted by atomic mass is 9.86. The molecular weight excluding hydrogens is 208 g/mol. The summed E-state index contributed by atoms with van der Waals surface area (Å²) in [7, 11) is 0. The molecule has 2 atom stereocenters. The monoisotopic (exact) mass is 218 g/mol. The zero-order valence-electron chi connectivity index (χ0n) is 8.15. The predicted molar refractivity (Wildman–Crippen MR) is 61.4 cm³/mol. The smallest absolute Gasteiger partial charge is 0.0655 e. The first-order valence-corrected chi connectivity index (χ1v) is 5.46. The van der Waals surface area contributed by atoms with Gasteiger partial charge < -0.3 is 5.32 Å². The van der Waals surface area contributed by atoms with Gasteiger partial charge in [-0.2, -0.15) is 0 Å². The quantitative estimate of drug-likeness (QED) is 0.677. The second kappa shape index (κ2) is 3.47. The number of nitrogens with one attached hydrogen (secondary N) is 1. The van der Waals surface area contributed by atoms with Crippen molar-refractivity contribution in [2.75, 3.05) is 6.54 Å². The van der Waals surface area contributed by atoms with Gasteiger partial charge in [-0.15, -0.1) is 0 Å². The molecule has 0 bridgehead atoms. The van der Waals surface area contributed by atoms with E-state index in [2.05, 4.69) is 28.5 Å². The third-order valence-electron chi connectivity index (χ3n) is 2.94. The Kier molecular flexibility index (Phi) is 2.11. The fourth-order valence-corrected chi connectivity index (χ4v) is 2.54. The highest BCUT2D eigenvalue weighted by molar-refractivity contribution is 6.32. The first-order chi connectivity index (χ1) is 7.36.